The van der Waals surface area contributed by atoms with E-state index in [1.165, 1.54) is 4.90 Å². The van der Waals surface area contributed by atoms with E-state index in [9.17, 15) is 9.59 Å². The van der Waals surface area contributed by atoms with Crippen molar-refractivity contribution in [3.63, 3.8) is 0 Å². The summed E-state index contributed by atoms with van der Waals surface area (Å²) in [5, 5.41) is 1.26. The molecule has 0 aromatic heterocycles. The average molecular weight is 360 g/mol. The zero-order valence-electron chi connectivity index (χ0n) is 13.0. The molecular weight excluding hydrogens is 345 g/mol. The van der Waals surface area contributed by atoms with Gasteiger partial charge in [0, 0.05) is 22.0 Å². The molecule has 1 aliphatic heterocycles. The van der Waals surface area contributed by atoms with Gasteiger partial charge in [0.25, 0.3) is 0 Å². The minimum atomic E-state index is -0.602. The minimum absolute atomic E-state index is 0.0857. The standard InChI is InChI=1S/C19H15Cl2NO2/c1-2-22-17(23)15-16(18(22)24)19(15,11-3-7-13(20)8-4-11)12-5-9-14(21)10-6-12/h3-10,15-16H,2H2,1H3. The van der Waals surface area contributed by atoms with Crippen LogP contribution in [0.3, 0.4) is 0 Å². The molecule has 2 atom stereocenters. The second-order valence-electron chi connectivity index (χ2n) is 6.26. The molecule has 2 aliphatic rings. The molecular formula is C19H15Cl2NO2. The summed E-state index contributed by atoms with van der Waals surface area (Å²) < 4.78 is 0. The van der Waals surface area contributed by atoms with Crippen LogP contribution in [0, 0.1) is 11.8 Å². The molecule has 0 radical (unpaired) electrons. The van der Waals surface area contributed by atoms with Crippen LogP contribution >= 0.6 is 23.2 Å². The summed E-state index contributed by atoms with van der Waals surface area (Å²) in [4.78, 5) is 26.8. The Labute approximate surface area is 150 Å². The van der Waals surface area contributed by atoms with Gasteiger partial charge in [0.05, 0.1) is 11.8 Å². The van der Waals surface area contributed by atoms with E-state index in [4.69, 9.17) is 23.2 Å². The number of carbonyl (C=O) groups excluding carboxylic acids is 2. The van der Waals surface area contributed by atoms with Crippen LogP contribution in [0.5, 0.6) is 0 Å². The molecule has 122 valence electrons. The number of amides is 2. The van der Waals surface area contributed by atoms with Crippen LogP contribution in [-0.4, -0.2) is 23.3 Å². The summed E-state index contributed by atoms with van der Waals surface area (Å²) in [6.45, 7) is 2.24. The Balaban J connectivity index is 1.88. The summed E-state index contributed by atoms with van der Waals surface area (Å²) in [6.07, 6.45) is 0. The van der Waals surface area contributed by atoms with E-state index in [0.717, 1.165) is 11.1 Å². The topological polar surface area (TPSA) is 37.4 Å². The van der Waals surface area contributed by atoms with E-state index < -0.39 is 5.41 Å². The molecule has 2 amide bonds. The molecule has 24 heavy (non-hydrogen) atoms. The third-order valence-electron chi connectivity index (χ3n) is 5.23. The van der Waals surface area contributed by atoms with Gasteiger partial charge < -0.3 is 0 Å². The maximum Gasteiger partial charge on any atom is 0.234 e. The lowest BCUT2D eigenvalue weighted by Crippen LogP contribution is -2.39. The van der Waals surface area contributed by atoms with Crippen LogP contribution in [0.15, 0.2) is 48.5 Å². The van der Waals surface area contributed by atoms with E-state index in [1.54, 1.807) is 24.3 Å². The monoisotopic (exact) mass is 359 g/mol. The van der Waals surface area contributed by atoms with Gasteiger partial charge in [-0.05, 0) is 42.3 Å². The first-order valence-electron chi connectivity index (χ1n) is 7.89. The smallest absolute Gasteiger partial charge is 0.234 e. The molecule has 1 heterocycles. The average Bonchev–Trinajstić information content (AvgIpc) is 3.20. The third kappa shape index (κ3) is 1.92. The Morgan fingerprint density at radius 3 is 1.54 bits per heavy atom. The lowest BCUT2D eigenvalue weighted by Gasteiger charge is -2.26. The Morgan fingerprint density at radius 2 is 1.21 bits per heavy atom. The van der Waals surface area contributed by atoms with Gasteiger partial charge in [-0.3, -0.25) is 14.5 Å². The number of halogens is 2. The molecule has 4 rings (SSSR count). The number of benzene rings is 2. The molecule has 1 saturated heterocycles. The fraction of sp³-hybridized carbons (Fsp3) is 0.263. The van der Waals surface area contributed by atoms with E-state index in [2.05, 4.69) is 0 Å². The van der Waals surface area contributed by atoms with Crippen LogP contribution < -0.4 is 0 Å². The van der Waals surface area contributed by atoms with Gasteiger partial charge in [-0.2, -0.15) is 0 Å². The molecule has 1 saturated carbocycles. The molecule has 0 spiro atoms. The lowest BCUT2D eigenvalue weighted by molar-refractivity contribution is -0.141. The number of piperidine rings is 1. The van der Waals surface area contributed by atoms with Gasteiger partial charge in [0.15, 0.2) is 0 Å². The number of imide groups is 1. The van der Waals surface area contributed by atoms with Gasteiger partial charge >= 0.3 is 0 Å². The highest BCUT2D eigenvalue weighted by atomic mass is 35.5. The van der Waals surface area contributed by atoms with E-state index in [-0.39, 0.29) is 23.7 Å². The normalized spacial score (nSPS) is 24.2. The van der Waals surface area contributed by atoms with Crippen molar-refractivity contribution < 1.29 is 9.59 Å². The Morgan fingerprint density at radius 1 is 0.833 bits per heavy atom. The van der Waals surface area contributed by atoms with Crippen molar-refractivity contribution >= 4 is 35.0 Å². The summed E-state index contributed by atoms with van der Waals surface area (Å²) in [5.41, 5.74) is 1.29. The molecule has 2 aromatic carbocycles. The van der Waals surface area contributed by atoms with Gasteiger partial charge in [-0.1, -0.05) is 47.5 Å². The highest BCUT2D eigenvalue weighted by Gasteiger charge is 2.78. The highest BCUT2D eigenvalue weighted by molar-refractivity contribution is 6.30. The summed E-state index contributed by atoms with van der Waals surface area (Å²) >= 11 is 12.0. The lowest BCUT2D eigenvalue weighted by atomic mass is 9.83. The predicted octanol–water partition coefficient (Wildman–Crippen LogP) is 3.91. The quantitative estimate of drug-likeness (QED) is 0.779. The molecule has 5 heteroatoms. The van der Waals surface area contributed by atoms with Crippen molar-refractivity contribution in [2.45, 2.75) is 12.3 Å². The fourth-order valence-electron chi connectivity index (χ4n) is 4.15. The molecule has 0 N–H and O–H groups in total. The van der Waals surface area contributed by atoms with Crippen LogP contribution in [0.4, 0.5) is 0 Å². The van der Waals surface area contributed by atoms with Crippen molar-refractivity contribution in [1.82, 2.24) is 4.90 Å². The molecule has 2 aromatic rings. The SMILES string of the molecule is CCN1C(=O)C2C(C1=O)C2(c1ccc(Cl)cc1)c1ccc(Cl)cc1. The first kappa shape index (κ1) is 15.7. The summed E-state index contributed by atoms with van der Waals surface area (Å²) in [6, 6.07) is 14.8. The van der Waals surface area contributed by atoms with Gasteiger partial charge in [0.2, 0.25) is 11.8 Å². The molecule has 0 bridgehead atoms. The Bertz CT molecular complexity index is 760. The van der Waals surface area contributed by atoms with E-state index >= 15 is 0 Å². The van der Waals surface area contributed by atoms with E-state index in [1.807, 2.05) is 31.2 Å². The van der Waals surface area contributed by atoms with Crippen molar-refractivity contribution in [2.24, 2.45) is 11.8 Å². The minimum Gasteiger partial charge on any atom is -0.282 e. The van der Waals surface area contributed by atoms with Gasteiger partial charge in [-0.25, -0.2) is 0 Å². The fourth-order valence-corrected chi connectivity index (χ4v) is 4.41. The zero-order valence-corrected chi connectivity index (χ0v) is 14.5. The number of carbonyl (C=O) groups is 2. The van der Waals surface area contributed by atoms with E-state index in [0.29, 0.717) is 16.6 Å². The second-order valence-corrected chi connectivity index (χ2v) is 7.13. The summed E-state index contributed by atoms with van der Waals surface area (Å²) in [7, 11) is 0. The molecule has 3 nitrogen and oxygen atoms in total. The van der Waals surface area contributed by atoms with Crippen LogP contribution in [0.1, 0.15) is 18.1 Å². The Kier molecular flexibility index (Phi) is 3.48. The zero-order chi connectivity index (χ0) is 17.1. The largest absolute Gasteiger partial charge is 0.282 e. The number of hydrogen-bond acceptors (Lipinski definition) is 2. The predicted molar refractivity (Wildman–Crippen MR) is 93.1 cm³/mol. The molecule has 2 fully saturated rings. The van der Waals surface area contributed by atoms with Crippen molar-refractivity contribution in [3.8, 4) is 0 Å². The first-order chi connectivity index (χ1) is 11.5. The van der Waals surface area contributed by atoms with Crippen LogP contribution in [0.2, 0.25) is 10.0 Å². The maximum absolute atomic E-state index is 12.7. The summed E-state index contributed by atoms with van der Waals surface area (Å²) in [5.74, 6) is -0.852. The Hall–Kier alpha value is -1.84. The van der Waals surface area contributed by atoms with Crippen molar-refractivity contribution in [1.29, 1.82) is 0 Å². The van der Waals surface area contributed by atoms with Gasteiger partial charge in [0.1, 0.15) is 0 Å². The van der Waals surface area contributed by atoms with Crippen molar-refractivity contribution in [2.75, 3.05) is 6.54 Å². The van der Waals surface area contributed by atoms with Crippen LogP contribution in [-0.2, 0) is 15.0 Å². The third-order valence-corrected chi connectivity index (χ3v) is 5.73. The number of rotatable bonds is 3. The first-order valence-corrected chi connectivity index (χ1v) is 8.64. The number of likely N-dealkylation sites (tertiary alicyclic amines) is 1. The number of fused-ring (bicyclic) bond motifs is 1. The maximum atomic E-state index is 12.7. The molecule has 1 aliphatic carbocycles. The van der Waals surface area contributed by atoms with Crippen molar-refractivity contribution in [3.05, 3.63) is 69.7 Å². The van der Waals surface area contributed by atoms with Crippen LogP contribution in [0.25, 0.3) is 0 Å². The number of hydrogen-bond donors (Lipinski definition) is 0. The molecule has 2 unspecified atom stereocenters. The second kappa shape index (κ2) is 5.33. The highest BCUT2D eigenvalue weighted by Crippen LogP contribution is 2.68. The number of nitrogens with zero attached hydrogens (tertiary/aromatic N) is 1. The van der Waals surface area contributed by atoms with Gasteiger partial charge in [-0.15, -0.1) is 0 Å².